The van der Waals surface area contributed by atoms with Crippen molar-refractivity contribution < 1.29 is 9.47 Å². The lowest BCUT2D eigenvalue weighted by Gasteiger charge is -2.23. The summed E-state index contributed by atoms with van der Waals surface area (Å²) in [5, 5.41) is 8.25. The standard InChI is InChI=1S/C19H23N5O2/c1-25-19-20-8-16(9-21-19)12-24-4-5-26-13-15(11-24)6-14-2-3-18-17(7-14)10-22-23-18/h2-3,7-10,15H,4-6,11-13H2,1H3,(H,22,23)/t15-/m1/s1. The summed E-state index contributed by atoms with van der Waals surface area (Å²) < 4.78 is 10.9. The van der Waals surface area contributed by atoms with Crippen LogP contribution in [0, 0.1) is 5.92 Å². The molecule has 0 bridgehead atoms. The van der Waals surface area contributed by atoms with Crippen LogP contribution >= 0.6 is 0 Å². The molecule has 1 aromatic carbocycles. The summed E-state index contributed by atoms with van der Waals surface area (Å²) in [4.78, 5) is 10.8. The highest BCUT2D eigenvalue weighted by atomic mass is 16.5. The molecule has 4 rings (SSSR count). The first-order chi connectivity index (χ1) is 12.8. The molecule has 0 saturated carbocycles. The molecular weight excluding hydrogens is 330 g/mol. The van der Waals surface area contributed by atoms with Gasteiger partial charge in [0.25, 0.3) is 0 Å². The minimum absolute atomic E-state index is 0.403. The number of hydrogen-bond donors (Lipinski definition) is 1. The van der Waals surface area contributed by atoms with Crippen LogP contribution in [0.4, 0.5) is 0 Å². The van der Waals surface area contributed by atoms with E-state index in [1.807, 2.05) is 18.6 Å². The lowest BCUT2D eigenvalue weighted by atomic mass is 9.98. The number of fused-ring (bicyclic) bond motifs is 1. The summed E-state index contributed by atoms with van der Waals surface area (Å²) in [5.74, 6) is 0.459. The Hall–Kier alpha value is -2.51. The predicted octanol–water partition coefficient (Wildman–Crippen LogP) is 2.05. The van der Waals surface area contributed by atoms with Gasteiger partial charge in [0.1, 0.15) is 0 Å². The fourth-order valence-electron chi connectivity index (χ4n) is 3.46. The molecule has 1 N–H and O–H groups in total. The number of hydrogen-bond acceptors (Lipinski definition) is 6. The quantitative estimate of drug-likeness (QED) is 0.757. The van der Waals surface area contributed by atoms with Gasteiger partial charge in [-0.25, -0.2) is 9.97 Å². The van der Waals surface area contributed by atoms with Crippen LogP contribution < -0.4 is 4.74 Å². The third kappa shape index (κ3) is 4.00. The fraction of sp³-hybridized carbons (Fsp3) is 0.421. The molecule has 0 spiro atoms. The van der Waals surface area contributed by atoms with Gasteiger partial charge < -0.3 is 9.47 Å². The highest BCUT2D eigenvalue weighted by Gasteiger charge is 2.19. The first-order valence-corrected chi connectivity index (χ1v) is 8.87. The molecule has 136 valence electrons. The molecule has 26 heavy (non-hydrogen) atoms. The molecule has 0 amide bonds. The monoisotopic (exact) mass is 353 g/mol. The molecule has 7 nitrogen and oxygen atoms in total. The average Bonchev–Trinajstić information content (AvgIpc) is 3.02. The Balaban J connectivity index is 1.41. The Kier molecular flexibility index (Phi) is 5.08. The van der Waals surface area contributed by atoms with E-state index in [4.69, 9.17) is 9.47 Å². The van der Waals surface area contributed by atoms with Crippen molar-refractivity contribution in [1.82, 2.24) is 25.1 Å². The van der Waals surface area contributed by atoms with Gasteiger partial charge in [-0.15, -0.1) is 0 Å². The SMILES string of the molecule is COc1ncc(CN2CCOC[C@H](Cc3ccc4[nH]ncc4c3)C2)cn1. The largest absolute Gasteiger partial charge is 0.467 e. The highest BCUT2D eigenvalue weighted by Crippen LogP contribution is 2.19. The number of benzene rings is 1. The number of rotatable bonds is 5. The zero-order valence-electron chi connectivity index (χ0n) is 14.9. The Morgan fingerprint density at radius 3 is 2.96 bits per heavy atom. The van der Waals surface area contributed by atoms with E-state index >= 15 is 0 Å². The number of aromatic nitrogens is 4. The lowest BCUT2D eigenvalue weighted by molar-refractivity contribution is 0.121. The van der Waals surface area contributed by atoms with Crippen LogP contribution in [0.1, 0.15) is 11.1 Å². The molecule has 3 heterocycles. The van der Waals surface area contributed by atoms with Crippen LogP contribution in [0.5, 0.6) is 6.01 Å². The average molecular weight is 353 g/mol. The normalized spacial score (nSPS) is 18.7. The number of nitrogens with one attached hydrogen (secondary N) is 1. The third-order valence-electron chi connectivity index (χ3n) is 4.72. The van der Waals surface area contributed by atoms with Crippen molar-refractivity contribution >= 4 is 10.9 Å². The lowest BCUT2D eigenvalue weighted by Crippen LogP contribution is -2.30. The van der Waals surface area contributed by atoms with Crippen LogP contribution in [0.25, 0.3) is 10.9 Å². The number of ether oxygens (including phenoxy) is 2. The summed E-state index contributed by atoms with van der Waals surface area (Å²) in [6, 6.07) is 6.89. The number of H-pyrrole nitrogens is 1. The van der Waals surface area contributed by atoms with Crippen LogP contribution in [0.2, 0.25) is 0 Å². The van der Waals surface area contributed by atoms with Gasteiger partial charge >= 0.3 is 6.01 Å². The van der Waals surface area contributed by atoms with Gasteiger partial charge in [-0.2, -0.15) is 5.10 Å². The van der Waals surface area contributed by atoms with E-state index < -0.39 is 0 Å². The molecule has 7 heteroatoms. The first kappa shape index (κ1) is 16.9. The first-order valence-electron chi connectivity index (χ1n) is 8.87. The summed E-state index contributed by atoms with van der Waals surface area (Å²) in [6.07, 6.45) is 6.54. The molecule has 2 aromatic heterocycles. The molecule has 0 radical (unpaired) electrons. The molecule has 1 aliphatic rings. The van der Waals surface area contributed by atoms with Crippen molar-refractivity contribution in [3.8, 4) is 6.01 Å². The molecule has 1 fully saturated rings. The van der Waals surface area contributed by atoms with E-state index in [9.17, 15) is 0 Å². The van der Waals surface area contributed by atoms with E-state index in [2.05, 4.69) is 43.3 Å². The highest BCUT2D eigenvalue weighted by molar-refractivity contribution is 5.78. The van der Waals surface area contributed by atoms with Gasteiger partial charge in [-0.1, -0.05) is 6.07 Å². The number of aromatic amines is 1. The zero-order valence-corrected chi connectivity index (χ0v) is 14.9. The molecule has 0 unspecified atom stereocenters. The van der Waals surface area contributed by atoms with Crippen LogP contribution in [-0.4, -0.2) is 58.5 Å². The van der Waals surface area contributed by atoms with E-state index in [1.54, 1.807) is 7.11 Å². The van der Waals surface area contributed by atoms with Gasteiger partial charge in [-0.3, -0.25) is 10.00 Å². The molecular formula is C19H23N5O2. The second-order valence-corrected chi connectivity index (χ2v) is 6.75. The molecule has 0 aliphatic carbocycles. The molecule has 3 aromatic rings. The van der Waals surface area contributed by atoms with Gasteiger partial charge in [0.15, 0.2) is 0 Å². The van der Waals surface area contributed by atoms with Crippen molar-refractivity contribution in [2.45, 2.75) is 13.0 Å². The van der Waals surface area contributed by atoms with Crippen molar-refractivity contribution in [3.05, 3.63) is 47.9 Å². The van der Waals surface area contributed by atoms with Crippen LogP contribution in [0.3, 0.4) is 0 Å². The van der Waals surface area contributed by atoms with E-state index in [0.717, 1.165) is 55.7 Å². The maximum absolute atomic E-state index is 5.84. The van der Waals surface area contributed by atoms with E-state index in [-0.39, 0.29) is 0 Å². The fourth-order valence-corrected chi connectivity index (χ4v) is 3.46. The van der Waals surface area contributed by atoms with Gasteiger partial charge in [-0.05, 0) is 30.0 Å². The molecule has 1 aliphatic heterocycles. The molecule has 1 saturated heterocycles. The van der Waals surface area contributed by atoms with E-state index in [0.29, 0.717) is 11.9 Å². The minimum atomic E-state index is 0.403. The summed E-state index contributed by atoms with van der Waals surface area (Å²) in [7, 11) is 1.58. The summed E-state index contributed by atoms with van der Waals surface area (Å²) in [6.45, 7) is 4.29. The van der Waals surface area contributed by atoms with Gasteiger partial charge in [0.2, 0.25) is 0 Å². The van der Waals surface area contributed by atoms with Gasteiger partial charge in [0.05, 0.1) is 32.0 Å². The van der Waals surface area contributed by atoms with Crippen molar-refractivity contribution in [2.75, 3.05) is 33.4 Å². The molecule has 1 atom stereocenters. The smallest absolute Gasteiger partial charge is 0.316 e. The van der Waals surface area contributed by atoms with Crippen molar-refractivity contribution in [3.63, 3.8) is 0 Å². The van der Waals surface area contributed by atoms with E-state index in [1.165, 1.54) is 5.56 Å². The summed E-state index contributed by atoms with van der Waals surface area (Å²) >= 11 is 0. The van der Waals surface area contributed by atoms with Gasteiger partial charge in [0, 0.05) is 43.0 Å². The minimum Gasteiger partial charge on any atom is -0.467 e. The Morgan fingerprint density at radius 2 is 2.12 bits per heavy atom. The van der Waals surface area contributed by atoms with Crippen LogP contribution in [-0.2, 0) is 17.7 Å². The zero-order chi connectivity index (χ0) is 17.8. The number of methoxy groups -OCH3 is 1. The van der Waals surface area contributed by atoms with Crippen LogP contribution in [0.15, 0.2) is 36.8 Å². The maximum atomic E-state index is 5.84. The second kappa shape index (κ2) is 7.80. The second-order valence-electron chi connectivity index (χ2n) is 6.75. The van der Waals surface area contributed by atoms with Crippen molar-refractivity contribution in [2.24, 2.45) is 5.92 Å². The number of nitrogens with zero attached hydrogens (tertiary/aromatic N) is 4. The predicted molar refractivity (Wildman–Crippen MR) is 98.0 cm³/mol. The summed E-state index contributed by atoms with van der Waals surface area (Å²) in [5.41, 5.74) is 3.49. The topological polar surface area (TPSA) is 76.2 Å². The van der Waals surface area contributed by atoms with Crippen molar-refractivity contribution in [1.29, 1.82) is 0 Å². The Morgan fingerprint density at radius 1 is 1.23 bits per heavy atom. The Labute approximate surface area is 152 Å². The Bertz CT molecular complexity index is 849. The third-order valence-corrected chi connectivity index (χ3v) is 4.72. The maximum Gasteiger partial charge on any atom is 0.316 e.